The summed E-state index contributed by atoms with van der Waals surface area (Å²) >= 11 is 0. The Labute approximate surface area is 145 Å². The minimum atomic E-state index is -0.677. The van der Waals surface area contributed by atoms with Gasteiger partial charge in [0.15, 0.2) is 29.7 Å². The van der Waals surface area contributed by atoms with Crippen molar-refractivity contribution in [1.82, 2.24) is 4.57 Å². The molecule has 2 aromatic rings. The third kappa shape index (κ3) is 4.06. The third-order valence-electron chi connectivity index (χ3n) is 3.66. The molecule has 1 aromatic heterocycles. The summed E-state index contributed by atoms with van der Waals surface area (Å²) in [5.41, 5.74) is 0.938. The van der Waals surface area contributed by atoms with E-state index in [9.17, 15) is 14.4 Å². The first kappa shape index (κ1) is 18.3. The molecular weight excluding hydrogens is 326 g/mol. The molecule has 0 radical (unpaired) electrons. The van der Waals surface area contributed by atoms with Crippen LogP contribution in [0.25, 0.3) is 0 Å². The number of esters is 1. The lowest BCUT2D eigenvalue weighted by Gasteiger charge is -2.09. The van der Waals surface area contributed by atoms with Crippen LogP contribution < -0.4 is 9.47 Å². The number of ketones is 2. The highest BCUT2D eigenvalue weighted by Crippen LogP contribution is 2.27. The van der Waals surface area contributed by atoms with Crippen LogP contribution in [0.1, 0.15) is 38.1 Å². The third-order valence-corrected chi connectivity index (χ3v) is 3.66. The number of carbonyl (C=O) groups is 3. The molecule has 1 heterocycles. The normalized spacial score (nSPS) is 10.2. The maximum absolute atomic E-state index is 12.2. The van der Waals surface area contributed by atoms with Crippen molar-refractivity contribution in [2.45, 2.75) is 6.92 Å². The highest BCUT2D eigenvalue weighted by atomic mass is 16.5. The van der Waals surface area contributed by atoms with Crippen LogP contribution in [0.5, 0.6) is 11.5 Å². The molecule has 1 aromatic carbocycles. The molecule has 7 heteroatoms. The van der Waals surface area contributed by atoms with Gasteiger partial charge in [-0.15, -0.1) is 0 Å². The van der Waals surface area contributed by atoms with E-state index in [-0.39, 0.29) is 17.3 Å². The summed E-state index contributed by atoms with van der Waals surface area (Å²) < 4.78 is 16.8. The summed E-state index contributed by atoms with van der Waals surface area (Å²) in [5.74, 6) is -0.306. The highest BCUT2D eigenvalue weighted by Gasteiger charge is 2.18. The molecule has 0 aliphatic heterocycles. The molecule has 0 atom stereocenters. The summed E-state index contributed by atoms with van der Waals surface area (Å²) in [6.45, 7) is 0.986. The van der Waals surface area contributed by atoms with Crippen LogP contribution in [0, 0.1) is 0 Å². The Hall–Kier alpha value is -3.09. The van der Waals surface area contributed by atoms with Crippen molar-refractivity contribution >= 4 is 17.5 Å². The van der Waals surface area contributed by atoms with Crippen molar-refractivity contribution in [3.05, 3.63) is 47.3 Å². The van der Waals surface area contributed by atoms with Crippen LogP contribution in [0.4, 0.5) is 0 Å². The number of rotatable bonds is 7. The van der Waals surface area contributed by atoms with Gasteiger partial charge in [-0.1, -0.05) is 0 Å². The van der Waals surface area contributed by atoms with E-state index in [1.54, 1.807) is 19.2 Å². The van der Waals surface area contributed by atoms with Gasteiger partial charge in [0.2, 0.25) is 0 Å². The fraction of sp³-hybridized carbons (Fsp3) is 0.278. The molecule has 7 nitrogen and oxygen atoms in total. The van der Waals surface area contributed by atoms with Crippen molar-refractivity contribution in [2.75, 3.05) is 20.8 Å². The molecule has 0 aliphatic carbocycles. The first-order chi connectivity index (χ1) is 11.9. The fourth-order valence-corrected chi connectivity index (χ4v) is 2.26. The number of hydrogen-bond donors (Lipinski definition) is 0. The molecule has 0 fully saturated rings. The van der Waals surface area contributed by atoms with Gasteiger partial charge in [0.1, 0.15) is 5.69 Å². The van der Waals surface area contributed by atoms with Gasteiger partial charge in [-0.3, -0.25) is 9.59 Å². The number of ether oxygens (including phenoxy) is 3. The van der Waals surface area contributed by atoms with Gasteiger partial charge in [0.05, 0.1) is 14.2 Å². The summed E-state index contributed by atoms with van der Waals surface area (Å²) in [4.78, 5) is 35.7. The standard InChI is InChI=1S/C18H19NO6/c1-11(20)13-7-14(19(2)9-13)18(22)25-10-15(21)12-5-6-16(23-3)17(8-12)24-4/h5-9H,10H2,1-4H3. The van der Waals surface area contributed by atoms with Gasteiger partial charge in [0.25, 0.3) is 0 Å². The molecule has 132 valence electrons. The quantitative estimate of drug-likeness (QED) is 0.565. The molecule has 0 unspecified atom stereocenters. The van der Waals surface area contributed by atoms with Crippen LogP contribution in [-0.4, -0.2) is 42.9 Å². The number of aromatic nitrogens is 1. The molecule has 2 rings (SSSR count). The minimum Gasteiger partial charge on any atom is -0.493 e. The average Bonchev–Trinajstić information content (AvgIpc) is 3.00. The van der Waals surface area contributed by atoms with Gasteiger partial charge in [0, 0.05) is 24.4 Å². The SMILES string of the molecule is COc1ccc(C(=O)COC(=O)c2cc(C(C)=O)cn2C)cc1OC. The second kappa shape index (κ2) is 7.65. The van der Waals surface area contributed by atoms with E-state index in [4.69, 9.17) is 14.2 Å². The maximum atomic E-state index is 12.2. The lowest BCUT2D eigenvalue weighted by atomic mass is 10.1. The van der Waals surface area contributed by atoms with E-state index in [0.29, 0.717) is 22.6 Å². The molecule has 0 bridgehead atoms. The number of hydrogen-bond acceptors (Lipinski definition) is 6. The molecule has 0 saturated carbocycles. The topological polar surface area (TPSA) is 83.8 Å². The van der Waals surface area contributed by atoms with E-state index in [0.717, 1.165) is 0 Å². The molecule has 0 aliphatic rings. The Morgan fingerprint density at radius 1 is 1.00 bits per heavy atom. The number of aryl methyl sites for hydroxylation is 1. The monoisotopic (exact) mass is 345 g/mol. The van der Waals surface area contributed by atoms with Gasteiger partial charge in [-0.2, -0.15) is 0 Å². The molecule has 0 spiro atoms. The number of Topliss-reactive ketones (excluding diaryl/α,β-unsaturated/α-hetero) is 2. The van der Waals surface area contributed by atoms with Crippen molar-refractivity contribution in [2.24, 2.45) is 7.05 Å². The number of methoxy groups -OCH3 is 2. The van der Waals surface area contributed by atoms with Gasteiger partial charge in [-0.25, -0.2) is 4.79 Å². The van der Waals surface area contributed by atoms with Crippen molar-refractivity contribution in [3.63, 3.8) is 0 Å². The second-order valence-corrected chi connectivity index (χ2v) is 5.35. The maximum Gasteiger partial charge on any atom is 0.355 e. The van der Waals surface area contributed by atoms with Crippen LogP contribution >= 0.6 is 0 Å². The molecule has 0 amide bonds. The minimum absolute atomic E-state index is 0.156. The fourth-order valence-electron chi connectivity index (χ4n) is 2.26. The van der Waals surface area contributed by atoms with E-state index in [1.807, 2.05) is 0 Å². The van der Waals surface area contributed by atoms with Crippen LogP contribution in [0.3, 0.4) is 0 Å². The van der Waals surface area contributed by atoms with Crippen molar-refractivity contribution in [1.29, 1.82) is 0 Å². The summed E-state index contributed by atoms with van der Waals surface area (Å²) in [6.07, 6.45) is 1.54. The van der Waals surface area contributed by atoms with Crippen molar-refractivity contribution < 1.29 is 28.6 Å². The second-order valence-electron chi connectivity index (χ2n) is 5.35. The Balaban J connectivity index is 2.07. The number of nitrogens with zero attached hydrogens (tertiary/aromatic N) is 1. The predicted molar refractivity (Wildman–Crippen MR) is 89.6 cm³/mol. The molecular formula is C18H19NO6. The molecule has 25 heavy (non-hydrogen) atoms. The summed E-state index contributed by atoms with van der Waals surface area (Å²) in [5, 5.41) is 0. The zero-order valence-corrected chi connectivity index (χ0v) is 14.5. The Bertz CT molecular complexity index is 821. The van der Waals surface area contributed by atoms with E-state index >= 15 is 0 Å². The summed E-state index contributed by atoms with van der Waals surface area (Å²) in [7, 11) is 4.59. The van der Waals surface area contributed by atoms with E-state index in [2.05, 4.69) is 0 Å². The highest BCUT2D eigenvalue weighted by molar-refractivity contribution is 6.00. The van der Waals surface area contributed by atoms with E-state index < -0.39 is 12.6 Å². The van der Waals surface area contributed by atoms with Crippen LogP contribution in [0.2, 0.25) is 0 Å². The Kier molecular flexibility index (Phi) is 5.59. The van der Waals surface area contributed by atoms with E-state index in [1.165, 1.54) is 44.0 Å². The number of benzene rings is 1. The van der Waals surface area contributed by atoms with Gasteiger partial charge < -0.3 is 18.8 Å². The van der Waals surface area contributed by atoms with Gasteiger partial charge >= 0.3 is 5.97 Å². The van der Waals surface area contributed by atoms with Crippen molar-refractivity contribution in [3.8, 4) is 11.5 Å². The molecule has 0 N–H and O–H groups in total. The lowest BCUT2D eigenvalue weighted by Crippen LogP contribution is -2.16. The first-order valence-electron chi connectivity index (χ1n) is 7.47. The zero-order valence-electron chi connectivity index (χ0n) is 14.5. The zero-order chi connectivity index (χ0) is 18.6. The molecule has 0 saturated heterocycles. The summed E-state index contributed by atoms with van der Waals surface area (Å²) in [6, 6.07) is 6.12. The number of carbonyl (C=O) groups excluding carboxylic acids is 3. The average molecular weight is 345 g/mol. The Morgan fingerprint density at radius 3 is 2.24 bits per heavy atom. The van der Waals surface area contributed by atoms with Crippen LogP contribution in [-0.2, 0) is 11.8 Å². The van der Waals surface area contributed by atoms with Gasteiger partial charge in [-0.05, 0) is 31.2 Å². The predicted octanol–water partition coefficient (Wildman–Crippen LogP) is 2.28. The lowest BCUT2D eigenvalue weighted by molar-refractivity contribution is 0.0465. The smallest absolute Gasteiger partial charge is 0.355 e. The largest absolute Gasteiger partial charge is 0.493 e. The first-order valence-corrected chi connectivity index (χ1v) is 7.47. The van der Waals surface area contributed by atoms with Crippen LogP contribution in [0.15, 0.2) is 30.5 Å². The Morgan fingerprint density at radius 2 is 1.68 bits per heavy atom.